The normalized spacial score (nSPS) is 15.9. The first-order valence-corrected chi connectivity index (χ1v) is 11.6. The molecule has 8 nitrogen and oxygen atoms in total. The monoisotopic (exact) mass is 467 g/mol. The van der Waals surface area contributed by atoms with Crippen LogP contribution in [-0.4, -0.2) is 65.1 Å². The van der Waals surface area contributed by atoms with Crippen LogP contribution in [0.5, 0.6) is 0 Å². The molecule has 0 radical (unpaired) electrons. The molecular weight excluding hydrogens is 434 g/mol. The van der Waals surface area contributed by atoms with E-state index >= 15 is 0 Å². The molecule has 2 atom stereocenters. The van der Waals surface area contributed by atoms with Crippen molar-refractivity contribution < 1.29 is 24.2 Å². The summed E-state index contributed by atoms with van der Waals surface area (Å²) in [5, 5.41) is 11.8. The lowest BCUT2D eigenvalue weighted by Crippen LogP contribution is -2.49. The van der Waals surface area contributed by atoms with E-state index in [2.05, 4.69) is 48.3 Å². The third-order valence-electron chi connectivity index (χ3n) is 6.22. The molecule has 1 aliphatic heterocycles. The first kappa shape index (κ1) is 25.2. The van der Waals surface area contributed by atoms with Gasteiger partial charge >= 0.3 is 12.1 Å². The van der Waals surface area contributed by atoms with Gasteiger partial charge in [0, 0.05) is 38.6 Å². The van der Waals surface area contributed by atoms with Gasteiger partial charge in [0.15, 0.2) is 0 Å². The van der Waals surface area contributed by atoms with Gasteiger partial charge < -0.3 is 20.1 Å². The number of ether oxygens (including phenoxy) is 1. The Labute approximate surface area is 200 Å². The lowest BCUT2D eigenvalue weighted by molar-refractivity contribution is -0.140. The fraction of sp³-hybridized carbons (Fsp3) is 0.423. The lowest BCUT2D eigenvalue weighted by atomic mass is 10.0. The van der Waals surface area contributed by atoms with E-state index in [9.17, 15) is 19.5 Å². The second-order valence-corrected chi connectivity index (χ2v) is 8.64. The zero-order chi connectivity index (χ0) is 24.5. The average Bonchev–Trinajstić information content (AvgIpc) is 2.85. The first-order chi connectivity index (χ1) is 16.3. The summed E-state index contributed by atoms with van der Waals surface area (Å²) >= 11 is 0. The zero-order valence-electron chi connectivity index (χ0n) is 19.8. The summed E-state index contributed by atoms with van der Waals surface area (Å²) in [6.07, 6.45) is -0.764. The Hall–Kier alpha value is -3.39. The number of hydrogen-bond donors (Lipinski definition) is 2. The van der Waals surface area contributed by atoms with Crippen molar-refractivity contribution in [2.45, 2.75) is 45.4 Å². The minimum absolute atomic E-state index is 0.00852. The van der Waals surface area contributed by atoms with Crippen LogP contribution in [0.4, 0.5) is 4.79 Å². The number of aliphatic carboxylic acids is 1. The van der Waals surface area contributed by atoms with Crippen molar-refractivity contribution in [2.75, 3.05) is 26.2 Å². The van der Waals surface area contributed by atoms with Gasteiger partial charge in [-0.05, 0) is 31.4 Å². The SMILES string of the molecule is Cc1ccc(C(C)N2CCN(C(=O)CC[C@H](NC(=O)OCc3ccccc3)C(=O)O)CC2)cc1. The minimum Gasteiger partial charge on any atom is -0.480 e. The van der Waals surface area contributed by atoms with Gasteiger partial charge in [0.2, 0.25) is 5.91 Å². The summed E-state index contributed by atoms with van der Waals surface area (Å²) < 4.78 is 5.09. The number of carboxylic acids is 1. The van der Waals surface area contributed by atoms with Crippen molar-refractivity contribution >= 4 is 18.0 Å². The molecule has 1 heterocycles. The largest absolute Gasteiger partial charge is 0.480 e. The van der Waals surface area contributed by atoms with Crippen molar-refractivity contribution in [1.82, 2.24) is 15.1 Å². The molecule has 0 aromatic heterocycles. The van der Waals surface area contributed by atoms with Crippen LogP contribution < -0.4 is 5.32 Å². The van der Waals surface area contributed by atoms with Gasteiger partial charge in [-0.1, -0.05) is 60.2 Å². The van der Waals surface area contributed by atoms with Crippen LogP contribution in [0.3, 0.4) is 0 Å². The van der Waals surface area contributed by atoms with Crippen molar-refractivity contribution in [2.24, 2.45) is 0 Å². The van der Waals surface area contributed by atoms with E-state index in [1.165, 1.54) is 11.1 Å². The molecule has 34 heavy (non-hydrogen) atoms. The number of carboxylic acid groups (broad SMARTS) is 1. The Bertz CT molecular complexity index is 956. The fourth-order valence-corrected chi connectivity index (χ4v) is 4.00. The highest BCUT2D eigenvalue weighted by molar-refractivity contribution is 5.81. The molecule has 1 unspecified atom stereocenters. The van der Waals surface area contributed by atoms with Crippen LogP contribution in [0.1, 0.15) is 42.5 Å². The van der Waals surface area contributed by atoms with Gasteiger partial charge in [-0.25, -0.2) is 9.59 Å². The Morgan fingerprint density at radius 2 is 1.65 bits per heavy atom. The molecule has 0 saturated carbocycles. The Morgan fingerprint density at radius 1 is 1.00 bits per heavy atom. The number of nitrogens with one attached hydrogen (secondary N) is 1. The highest BCUT2D eigenvalue weighted by atomic mass is 16.5. The molecule has 0 spiro atoms. The van der Waals surface area contributed by atoms with Crippen LogP contribution in [0, 0.1) is 6.92 Å². The molecule has 182 valence electrons. The predicted molar refractivity (Wildman–Crippen MR) is 128 cm³/mol. The van der Waals surface area contributed by atoms with Gasteiger partial charge in [0.05, 0.1) is 0 Å². The van der Waals surface area contributed by atoms with Crippen molar-refractivity contribution in [3.05, 3.63) is 71.3 Å². The van der Waals surface area contributed by atoms with Crippen molar-refractivity contribution in [1.29, 1.82) is 0 Å². The number of carbonyl (C=O) groups excluding carboxylic acids is 2. The Morgan fingerprint density at radius 3 is 2.26 bits per heavy atom. The Kier molecular flexibility index (Phi) is 9.04. The third kappa shape index (κ3) is 7.31. The topological polar surface area (TPSA) is 99.2 Å². The van der Waals surface area contributed by atoms with Crippen LogP contribution in [-0.2, 0) is 20.9 Å². The van der Waals surface area contributed by atoms with Crippen LogP contribution in [0.15, 0.2) is 54.6 Å². The second-order valence-electron chi connectivity index (χ2n) is 8.64. The van der Waals surface area contributed by atoms with Crippen molar-refractivity contribution in [3.8, 4) is 0 Å². The van der Waals surface area contributed by atoms with Crippen LogP contribution in [0.25, 0.3) is 0 Å². The number of nitrogens with zero attached hydrogens (tertiary/aromatic N) is 2. The number of benzene rings is 2. The van der Waals surface area contributed by atoms with E-state index in [-0.39, 0.29) is 31.4 Å². The van der Waals surface area contributed by atoms with E-state index < -0.39 is 18.1 Å². The zero-order valence-corrected chi connectivity index (χ0v) is 19.8. The minimum atomic E-state index is -1.19. The Balaban J connectivity index is 1.42. The molecule has 1 aliphatic rings. The highest BCUT2D eigenvalue weighted by Crippen LogP contribution is 2.22. The lowest BCUT2D eigenvalue weighted by Gasteiger charge is -2.38. The summed E-state index contributed by atoms with van der Waals surface area (Å²) in [4.78, 5) is 40.4. The van der Waals surface area contributed by atoms with E-state index in [4.69, 9.17) is 4.74 Å². The molecule has 0 bridgehead atoms. The predicted octanol–water partition coefficient (Wildman–Crippen LogP) is 3.36. The molecule has 2 amide bonds. The number of amides is 2. The van der Waals surface area contributed by atoms with E-state index in [0.29, 0.717) is 13.1 Å². The second kappa shape index (κ2) is 12.2. The average molecular weight is 468 g/mol. The third-order valence-corrected chi connectivity index (χ3v) is 6.22. The number of hydrogen-bond acceptors (Lipinski definition) is 5. The molecule has 8 heteroatoms. The summed E-state index contributed by atoms with van der Waals surface area (Å²) in [6, 6.07) is 16.7. The molecular formula is C26H33N3O5. The summed E-state index contributed by atoms with van der Waals surface area (Å²) in [6.45, 7) is 6.99. The first-order valence-electron chi connectivity index (χ1n) is 11.6. The summed E-state index contributed by atoms with van der Waals surface area (Å²) in [7, 11) is 0. The van der Waals surface area contributed by atoms with E-state index in [0.717, 1.165) is 18.7 Å². The molecule has 2 aromatic rings. The van der Waals surface area contributed by atoms with Crippen molar-refractivity contribution in [3.63, 3.8) is 0 Å². The number of carbonyl (C=O) groups is 3. The van der Waals surface area contributed by atoms with Crippen LogP contribution in [0.2, 0.25) is 0 Å². The van der Waals surface area contributed by atoms with Gasteiger partial charge in [0.25, 0.3) is 0 Å². The number of piperazine rings is 1. The summed E-state index contributed by atoms with van der Waals surface area (Å²) in [5.41, 5.74) is 3.28. The maximum atomic E-state index is 12.7. The fourth-order valence-electron chi connectivity index (χ4n) is 4.00. The quantitative estimate of drug-likeness (QED) is 0.587. The van der Waals surface area contributed by atoms with Gasteiger partial charge in [-0.3, -0.25) is 9.69 Å². The van der Waals surface area contributed by atoms with E-state index in [1.807, 2.05) is 30.3 Å². The maximum Gasteiger partial charge on any atom is 0.408 e. The molecule has 0 aliphatic carbocycles. The molecule has 2 aromatic carbocycles. The molecule has 1 saturated heterocycles. The molecule has 2 N–H and O–H groups in total. The summed E-state index contributed by atoms with van der Waals surface area (Å²) in [5.74, 6) is -1.30. The van der Waals surface area contributed by atoms with Gasteiger partial charge in [0.1, 0.15) is 12.6 Å². The highest BCUT2D eigenvalue weighted by Gasteiger charge is 2.27. The number of rotatable bonds is 9. The number of alkyl carbamates (subject to hydrolysis) is 1. The van der Waals surface area contributed by atoms with Gasteiger partial charge in [-0.2, -0.15) is 0 Å². The smallest absolute Gasteiger partial charge is 0.408 e. The maximum absolute atomic E-state index is 12.7. The van der Waals surface area contributed by atoms with Crippen LogP contribution >= 0.6 is 0 Å². The molecule has 1 fully saturated rings. The molecule has 3 rings (SSSR count). The van der Waals surface area contributed by atoms with E-state index in [1.54, 1.807) is 4.90 Å². The number of aryl methyl sites for hydroxylation is 1. The standard InChI is InChI=1S/C26H33N3O5/c1-19-8-10-22(11-9-19)20(2)28-14-16-29(17-15-28)24(30)13-12-23(25(31)32)27-26(33)34-18-21-6-4-3-5-7-21/h3-11,20,23H,12-18H2,1-2H3,(H,27,33)(H,31,32)/t20?,23-/m0/s1. The van der Waals surface area contributed by atoms with Gasteiger partial charge in [-0.15, -0.1) is 0 Å².